The Labute approximate surface area is 128 Å². The number of nitrogens with zero attached hydrogens (tertiary/aromatic N) is 2. The Balaban J connectivity index is 1.92. The van der Waals surface area contributed by atoms with Crippen molar-refractivity contribution < 1.29 is 4.39 Å². The summed E-state index contributed by atoms with van der Waals surface area (Å²) in [5, 5.41) is 3.50. The molecule has 0 aliphatic carbocycles. The van der Waals surface area contributed by atoms with Crippen molar-refractivity contribution in [2.24, 2.45) is 0 Å². The van der Waals surface area contributed by atoms with E-state index in [0.29, 0.717) is 0 Å². The van der Waals surface area contributed by atoms with Gasteiger partial charge in [-0.2, -0.15) is 0 Å². The molecule has 1 aromatic rings. The second-order valence-electron chi connectivity index (χ2n) is 5.96. The molecule has 1 aliphatic heterocycles. The number of benzene rings is 1. The van der Waals surface area contributed by atoms with E-state index in [9.17, 15) is 4.39 Å². The fourth-order valence-electron chi connectivity index (χ4n) is 2.83. The molecule has 1 aliphatic rings. The summed E-state index contributed by atoms with van der Waals surface area (Å²) in [6.07, 6.45) is 2.03. The molecule has 0 aromatic heterocycles. The molecule has 0 radical (unpaired) electrons. The van der Waals surface area contributed by atoms with E-state index in [-0.39, 0.29) is 11.9 Å². The molecule has 1 atom stereocenters. The van der Waals surface area contributed by atoms with Crippen LogP contribution in [0.15, 0.2) is 24.3 Å². The van der Waals surface area contributed by atoms with Gasteiger partial charge in [-0.15, -0.1) is 0 Å². The standard InChI is InChI=1S/C17H28FN3/c1-3-9-19-17(15-6-4-5-7-16(15)18)8-10-21-13-11-20(2)12-14-21/h4-7,17,19H,3,8-14H2,1-2H3. The molecule has 0 saturated carbocycles. The number of rotatable bonds is 7. The van der Waals surface area contributed by atoms with Crippen molar-refractivity contribution in [3.05, 3.63) is 35.6 Å². The largest absolute Gasteiger partial charge is 0.310 e. The van der Waals surface area contributed by atoms with Gasteiger partial charge < -0.3 is 15.1 Å². The molecule has 2 rings (SSSR count). The first-order valence-corrected chi connectivity index (χ1v) is 8.09. The third-order valence-electron chi connectivity index (χ3n) is 4.25. The monoisotopic (exact) mass is 293 g/mol. The van der Waals surface area contributed by atoms with Gasteiger partial charge in [-0.1, -0.05) is 25.1 Å². The fraction of sp³-hybridized carbons (Fsp3) is 0.647. The highest BCUT2D eigenvalue weighted by Crippen LogP contribution is 2.20. The zero-order valence-electron chi connectivity index (χ0n) is 13.3. The topological polar surface area (TPSA) is 18.5 Å². The average molecular weight is 293 g/mol. The van der Waals surface area contributed by atoms with Gasteiger partial charge >= 0.3 is 0 Å². The lowest BCUT2D eigenvalue weighted by Crippen LogP contribution is -2.45. The molecular weight excluding hydrogens is 265 g/mol. The van der Waals surface area contributed by atoms with E-state index in [2.05, 4.69) is 29.1 Å². The molecule has 118 valence electrons. The van der Waals surface area contributed by atoms with Crippen LogP contribution < -0.4 is 5.32 Å². The smallest absolute Gasteiger partial charge is 0.127 e. The van der Waals surface area contributed by atoms with E-state index in [1.165, 1.54) is 0 Å². The predicted molar refractivity (Wildman–Crippen MR) is 86.0 cm³/mol. The van der Waals surface area contributed by atoms with Gasteiger partial charge in [0.15, 0.2) is 0 Å². The van der Waals surface area contributed by atoms with Gasteiger partial charge in [-0.3, -0.25) is 0 Å². The van der Waals surface area contributed by atoms with Crippen molar-refractivity contribution in [1.29, 1.82) is 0 Å². The first kappa shape index (κ1) is 16.4. The van der Waals surface area contributed by atoms with Crippen LogP contribution in [0.25, 0.3) is 0 Å². The van der Waals surface area contributed by atoms with E-state index < -0.39 is 0 Å². The van der Waals surface area contributed by atoms with Crippen LogP contribution in [0.2, 0.25) is 0 Å². The second-order valence-corrected chi connectivity index (χ2v) is 5.96. The van der Waals surface area contributed by atoms with Gasteiger partial charge in [0.2, 0.25) is 0 Å². The first-order valence-electron chi connectivity index (χ1n) is 8.09. The van der Waals surface area contributed by atoms with Crippen molar-refractivity contribution in [2.75, 3.05) is 46.3 Å². The second kappa shape index (κ2) is 8.47. The van der Waals surface area contributed by atoms with Crippen LogP contribution in [-0.4, -0.2) is 56.1 Å². The normalized spacial score (nSPS) is 18.8. The third-order valence-corrected chi connectivity index (χ3v) is 4.25. The van der Waals surface area contributed by atoms with Gasteiger partial charge in [0.25, 0.3) is 0 Å². The average Bonchev–Trinajstić information content (AvgIpc) is 2.50. The Morgan fingerprint density at radius 3 is 2.57 bits per heavy atom. The number of halogens is 1. The summed E-state index contributed by atoms with van der Waals surface area (Å²) in [4.78, 5) is 4.85. The molecule has 1 aromatic carbocycles. The Morgan fingerprint density at radius 2 is 1.90 bits per heavy atom. The molecule has 1 saturated heterocycles. The van der Waals surface area contributed by atoms with Gasteiger partial charge in [0.1, 0.15) is 5.82 Å². The van der Waals surface area contributed by atoms with Gasteiger partial charge in [-0.05, 0) is 32.5 Å². The molecule has 4 heteroatoms. The van der Waals surface area contributed by atoms with Crippen LogP contribution in [0.5, 0.6) is 0 Å². The number of likely N-dealkylation sites (N-methyl/N-ethyl adjacent to an activating group) is 1. The van der Waals surface area contributed by atoms with E-state index >= 15 is 0 Å². The highest BCUT2D eigenvalue weighted by atomic mass is 19.1. The van der Waals surface area contributed by atoms with Crippen LogP contribution in [0.4, 0.5) is 4.39 Å². The minimum absolute atomic E-state index is 0.0931. The highest BCUT2D eigenvalue weighted by molar-refractivity contribution is 5.21. The molecular formula is C17H28FN3. The summed E-state index contributed by atoms with van der Waals surface area (Å²) in [6.45, 7) is 8.61. The zero-order valence-corrected chi connectivity index (χ0v) is 13.3. The predicted octanol–water partition coefficient (Wildman–Crippen LogP) is 2.50. The van der Waals surface area contributed by atoms with E-state index in [1.54, 1.807) is 12.1 Å². The maximum absolute atomic E-state index is 14.0. The van der Waals surface area contributed by atoms with Gasteiger partial charge in [0, 0.05) is 44.3 Å². The van der Waals surface area contributed by atoms with E-state index in [0.717, 1.165) is 57.7 Å². The summed E-state index contributed by atoms with van der Waals surface area (Å²) in [7, 11) is 2.17. The highest BCUT2D eigenvalue weighted by Gasteiger charge is 2.18. The molecule has 1 heterocycles. The van der Waals surface area contributed by atoms with Crippen LogP contribution in [0.1, 0.15) is 31.4 Å². The summed E-state index contributed by atoms with van der Waals surface area (Å²) >= 11 is 0. The van der Waals surface area contributed by atoms with Crippen molar-refractivity contribution >= 4 is 0 Å². The molecule has 21 heavy (non-hydrogen) atoms. The van der Waals surface area contributed by atoms with Gasteiger partial charge in [-0.25, -0.2) is 4.39 Å². The zero-order chi connectivity index (χ0) is 15.1. The Kier molecular flexibility index (Phi) is 6.61. The van der Waals surface area contributed by atoms with Gasteiger partial charge in [0.05, 0.1) is 0 Å². The maximum Gasteiger partial charge on any atom is 0.127 e. The van der Waals surface area contributed by atoms with E-state index in [4.69, 9.17) is 0 Å². The molecule has 1 unspecified atom stereocenters. The summed E-state index contributed by atoms with van der Waals surface area (Å²) in [5.41, 5.74) is 0.806. The van der Waals surface area contributed by atoms with Crippen molar-refractivity contribution in [3.63, 3.8) is 0 Å². The first-order chi connectivity index (χ1) is 10.2. The summed E-state index contributed by atoms with van der Waals surface area (Å²) < 4.78 is 14.0. The SMILES string of the molecule is CCCNC(CCN1CCN(C)CC1)c1ccccc1F. The van der Waals surface area contributed by atoms with Crippen molar-refractivity contribution in [2.45, 2.75) is 25.8 Å². The number of nitrogens with one attached hydrogen (secondary N) is 1. The molecule has 0 amide bonds. The van der Waals surface area contributed by atoms with Crippen LogP contribution in [-0.2, 0) is 0 Å². The quantitative estimate of drug-likeness (QED) is 0.833. The van der Waals surface area contributed by atoms with Crippen LogP contribution in [0, 0.1) is 5.82 Å². The summed E-state index contributed by atoms with van der Waals surface area (Å²) in [5.74, 6) is -0.0931. The summed E-state index contributed by atoms with van der Waals surface area (Å²) in [6, 6.07) is 7.27. The molecule has 3 nitrogen and oxygen atoms in total. The molecule has 1 N–H and O–H groups in total. The number of hydrogen-bond donors (Lipinski definition) is 1. The number of hydrogen-bond acceptors (Lipinski definition) is 3. The minimum Gasteiger partial charge on any atom is -0.310 e. The molecule has 1 fully saturated rings. The maximum atomic E-state index is 14.0. The van der Waals surface area contributed by atoms with Crippen molar-refractivity contribution in [3.8, 4) is 0 Å². The Hall–Kier alpha value is -0.970. The Morgan fingerprint density at radius 1 is 1.19 bits per heavy atom. The van der Waals surface area contributed by atoms with Crippen LogP contribution >= 0.6 is 0 Å². The third kappa shape index (κ3) is 5.06. The van der Waals surface area contributed by atoms with Crippen molar-refractivity contribution in [1.82, 2.24) is 15.1 Å². The minimum atomic E-state index is -0.0931. The molecule has 0 spiro atoms. The fourth-order valence-corrected chi connectivity index (χ4v) is 2.83. The molecule has 0 bridgehead atoms. The lowest BCUT2D eigenvalue weighted by Gasteiger charge is -2.33. The number of piperazine rings is 1. The van der Waals surface area contributed by atoms with Crippen LogP contribution in [0.3, 0.4) is 0 Å². The van der Waals surface area contributed by atoms with E-state index in [1.807, 2.05) is 12.1 Å². The Bertz CT molecular complexity index is 416. The lowest BCUT2D eigenvalue weighted by atomic mass is 10.0. The lowest BCUT2D eigenvalue weighted by molar-refractivity contribution is 0.148.